The Balaban J connectivity index is 2.21. The van der Waals surface area contributed by atoms with E-state index in [4.69, 9.17) is 15.1 Å². The third-order valence-electron chi connectivity index (χ3n) is 1.86. The summed E-state index contributed by atoms with van der Waals surface area (Å²) in [6.45, 7) is 0. The number of nitrogens with zero attached hydrogens (tertiary/aromatic N) is 1. The second-order valence-electron chi connectivity index (χ2n) is 2.64. The van der Waals surface area contributed by atoms with Gasteiger partial charge in [-0.1, -0.05) is 0 Å². The van der Waals surface area contributed by atoms with Crippen LogP contribution in [0, 0.1) is 11.5 Å². The van der Waals surface area contributed by atoms with E-state index in [-0.39, 0.29) is 12.2 Å². The summed E-state index contributed by atoms with van der Waals surface area (Å²) in [5.74, 6) is 0. The number of nitriles is 1. The largest absolute Gasteiger partial charge is 0.424 e. The van der Waals surface area contributed by atoms with Gasteiger partial charge in [-0.25, -0.2) is 0 Å². The molecule has 0 bridgehead atoms. The number of aliphatic hydroxyl groups is 1. The van der Waals surface area contributed by atoms with Crippen molar-refractivity contribution in [2.45, 2.75) is 37.9 Å². The summed E-state index contributed by atoms with van der Waals surface area (Å²) in [5, 5.41) is 17.2. The normalized spacial score (nSPS) is 32.8. The highest BCUT2D eigenvalue weighted by Crippen LogP contribution is 2.20. The fourth-order valence-electron chi connectivity index (χ4n) is 1.24. The van der Waals surface area contributed by atoms with Crippen LogP contribution < -0.4 is 0 Å². The van der Waals surface area contributed by atoms with Crippen molar-refractivity contribution in [2.24, 2.45) is 0 Å². The highest BCUT2D eigenvalue weighted by molar-refractivity contribution is 4.73. The van der Waals surface area contributed by atoms with E-state index in [0.29, 0.717) is 0 Å². The van der Waals surface area contributed by atoms with Crippen LogP contribution >= 0.6 is 0 Å². The van der Waals surface area contributed by atoms with Gasteiger partial charge in [-0.15, -0.1) is 0 Å². The Morgan fingerprint density at radius 3 is 2.40 bits per heavy atom. The quantitative estimate of drug-likeness (QED) is 0.549. The lowest BCUT2D eigenvalue weighted by Crippen LogP contribution is -2.22. The second-order valence-corrected chi connectivity index (χ2v) is 2.64. The molecule has 0 aromatic rings. The zero-order valence-corrected chi connectivity index (χ0v) is 5.79. The highest BCUT2D eigenvalue weighted by atomic mass is 16.5. The average molecular weight is 141 g/mol. The van der Waals surface area contributed by atoms with Gasteiger partial charge in [0.25, 0.3) is 6.26 Å². The Bertz CT molecular complexity index is 133. The third-order valence-corrected chi connectivity index (χ3v) is 1.86. The Hall–Kier alpha value is -0.750. The van der Waals surface area contributed by atoms with Crippen LogP contribution in [-0.2, 0) is 4.74 Å². The van der Waals surface area contributed by atoms with Crippen molar-refractivity contribution in [2.75, 3.05) is 0 Å². The molecule has 1 N–H and O–H groups in total. The Kier molecular flexibility index (Phi) is 2.52. The van der Waals surface area contributed by atoms with Gasteiger partial charge in [0, 0.05) is 0 Å². The van der Waals surface area contributed by atoms with Gasteiger partial charge in [0.15, 0.2) is 0 Å². The molecule has 0 atom stereocenters. The minimum Gasteiger partial charge on any atom is -0.424 e. The molecule has 10 heavy (non-hydrogen) atoms. The molecular weight excluding hydrogens is 130 g/mol. The van der Waals surface area contributed by atoms with Crippen LogP contribution in [0.2, 0.25) is 0 Å². The van der Waals surface area contributed by atoms with Gasteiger partial charge in [-0.3, -0.25) is 0 Å². The Morgan fingerprint density at radius 2 is 1.90 bits per heavy atom. The van der Waals surface area contributed by atoms with Crippen LogP contribution in [0.3, 0.4) is 0 Å². The molecule has 1 rings (SSSR count). The SMILES string of the molecule is N#COC1CCC(O)CC1. The van der Waals surface area contributed by atoms with Crippen molar-refractivity contribution in [3.05, 3.63) is 0 Å². The van der Waals surface area contributed by atoms with E-state index >= 15 is 0 Å². The first kappa shape index (κ1) is 7.36. The van der Waals surface area contributed by atoms with Gasteiger partial charge in [0.2, 0.25) is 0 Å². The van der Waals surface area contributed by atoms with Crippen molar-refractivity contribution >= 4 is 0 Å². The molecule has 0 unspecified atom stereocenters. The topological polar surface area (TPSA) is 53.2 Å². The molecule has 0 aromatic carbocycles. The molecular formula is C7H11NO2. The molecule has 0 spiro atoms. The van der Waals surface area contributed by atoms with E-state index in [2.05, 4.69) is 0 Å². The predicted octanol–water partition coefficient (Wildman–Crippen LogP) is 0.788. The van der Waals surface area contributed by atoms with Gasteiger partial charge in [-0.05, 0) is 25.7 Å². The lowest BCUT2D eigenvalue weighted by atomic mass is 9.95. The standard InChI is InChI=1S/C7H11NO2/c8-5-10-7-3-1-6(9)2-4-7/h6-7,9H,1-4H2. The molecule has 1 aliphatic rings. The summed E-state index contributed by atoms with van der Waals surface area (Å²) < 4.78 is 4.73. The predicted molar refractivity (Wildman–Crippen MR) is 35.0 cm³/mol. The Morgan fingerprint density at radius 1 is 1.30 bits per heavy atom. The van der Waals surface area contributed by atoms with Gasteiger partial charge in [0.1, 0.15) is 6.10 Å². The van der Waals surface area contributed by atoms with Gasteiger partial charge >= 0.3 is 0 Å². The molecule has 3 heteroatoms. The monoisotopic (exact) mass is 141 g/mol. The lowest BCUT2D eigenvalue weighted by Gasteiger charge is -2.22. The van der Waals surface area contributed by atoms with Gasteiger partial charge in [-0.2, -0.15) is 5.26 Å². The number of rotatable bonds is 1. The average Bonchev–Trinajstić information content (AvgIpc) is 1.95. The molecule has 1 saturated carbocycles. The van der Waals surface area contributed by atoms with Crippen molar-refractivity contribution < 1.29 is 9.84 Å². The van der Waals surface area contributed by atoms with E-state index in [9.17, 15) is 0 Å². The van der Waals surface area contributed by atoms with E-state index in [1.54, 1.807) is 6.26 Å². The molecule has 0 aromatic heterocycles. The first-order valence-corrected chi connectivity index (χ1v) is 3.55. The van der Waals surface area contributed by atoms with Crippen molar-refractivity contribution in [3.63, 3.8) is 0 Å². The maximum atomic E-state index is 9.06. The highest BCUT2D eigenvalue weighted by Gasteiger charge is 2.19. The maximum absolute atomic E-state index is 9.06. The summed E-state index contributed by atoms with van der Waals surface area (Å²) in [5.41, 5.74) is 0. The van der Waals surface area contributed by atoms with Crippen molar-refractivity contribution in [1.82, 2.24) is 0 Å². The summed E-state index contributed by atoms with van der Waals surface area (Å²) in [6.07, 6.45) is 4.73. The molecule has 1 fully saturated rings. The van der Waals surface area contributed by atoms with Crippen molar-refractivity contribution in [1.29, 1.82) is 5.26 Å². The summed E-state index contributed by atoms with van der Waals surface area (Å²) in [6, 6.07) is 0. The molecule has 0 amide bonds. The molecule has 0 saturated heterocycles. The molecule has 0 aliphatic heterocycles. The van der Waals surface area contributed by atoms with Crippen LogP contribution in [0.4, 0.5) is 0 Å². The zero-order valence-electron chi connectivity index (χ0n) is 5.79. The van der Waals surface area contributed by atoms with E-state index < -0.39 is 0 Å². The lowest BCUT2D eigenvalue weighted by molar-refractivity contribution is 0.0510. The fraction of sp³-hybridized carbons (Fsp3) is 0.857. The first-order chi connectivity index (χ1) is 4.83. The van der Waals surface area contributed by atoms with Crippen LogP contribution in [0.5, 0.6) is 0 Å². The number of aliphatic hydroxyl groups excluding tert-OH is 1. The van der Waals surface area contributed by atoms with Crippen LogP contribution in [0.25, 0.3) is 0 Å². The number of hydrogen-bond donors (Lipinski definition) is 1. The number of hydrogen-bond acceptors (Lipinski definition) is 3. The molecule has 3 nitrogen and oxygen atoms in total. The summed E-state index contributed by atoms with van der Waals surface area (Å²) in [7, 11) is 0. The third kappa shape index (κ3) is 1.89. The smallest absolute Gasteiger partial charge is 0.286 e. The first-order valence-electron chi connectivity index (χ1n) is 3.55. The molecule has 0 heterocycles. The second kappa shape index (κ2) is 3.43. The van der Waals surface area contributed by atoms with Crippen LogP contribution in [0.15, 0.2) is 0 Å². The fourth-order valence-corrected chi connectivity index (χ4v) is 1.24. The van der Waals surface area contributed by atoms with Gasteiger partial charge < -0.3 is 9.84 Å². The van der Waals surface area contributed by atoms with Gasteiger partial charge in [0.05, 0.1) is 6.10 Å². The Labute approximate surface area is 60.2 Å². The van der Waals surface area contributed by atoms with Crippen LogP contribution in [0.1, 0.15) is 25.7 Å². The minimum absolute atomic E-state index is 0.0633. The van der Waals surface area contributed by atoms with E-state index in [1.807, 2.05) is 0 Å². The zero-order chi connectivity index (χ0) is 7.40. The molecule has 1 aliphatic carbocycles. The molecule has 56 valence electrons. The van der Waals surface area contributed by atoms with E-state index in [1.165, 1.54) is 0 Å². The minimum atomic E-state index is -0.168. The van der Waals surface area contributed by atoms with Crippen LogP contribution in [-0.4, -0.2) is 17.3 Å². The maximum Gasteiger partial charge on any atom is 0.286 e. The van der Waals surface area contributed by atoms with E-state index in [0.717, 1.165) is 25.7 Å². The summed E-state index contributed by atoms with van der Waals surface area (Å²) in [4.78, 5) is 0. The molecule has 0 radical (unpaired) electrons. The number of ether oxygens (including phenoxy) is 1. The summed E-state index contributed by atoms with van der Waals surface area (Å²) >= 11 is 0. The van der Waals surface area contributed by atoms with Crippen molar-refractivity contribution in [3.8, 4) is 6.26 Å².